The van der Waals surface area contributed by atoms with E-state index in [1.54, 1.807) is 7.05 Å². The minimum absolute atomic E-state index is 0.0830. The Labute approximate surface area is 105 Å². The molecule has 0 heterocycles. The van der Waals surface area contributed by atoms with Crippen LogP contribution in [0.5, 0.6) is 0 Å². The van der Waals surface area contributed by atoms with Crippen LogP contribution in [0.1, 0.15) is 46.5 Å². The van der Waals surface area contributed by atoms with Crippen LogP contribution >= 0.6 is 0 Å². The first-order valence-electron chi connectivity index (χ1n) is 6.26. The molecule has 0 rings (SSSR count). The van der Waals surface area contributed by atoms with Crippen LogP contribution in [0.3, 0.4) is 0 Å². The van der Waals surface area contributed by atoms with Gasteiger partial charge in [0.15, 0.2) is 5.78 Å². The Hall–Kier alpha value is -1.25. The van der Waals surface area contributed by atoms with E-state index in [-0.39, 0.29) is 11.7 Å². The van der Waals surface area contributed by atoms with Gasteiger partial charge in [-0.2, -0.15) is 0 Å². The number of hydrogen-bond acceptors (Lipinski definition) is 2. The fourth-order valence-corrected chi connectivity index (χ4v) is 1.87. The second-order valence-corrected chi connectivity index (χ2v) is 3.97. The van der Waals surface area contributed by atoms with Crippen molar-refractivity contribution < 1.29 is 4.79 Å². The average molecular weight is 236 g/mol. The topological polar surface area (TPSA) is 41.8 Å². The molecule has 0 aromatic heterocycles. The highest BCUT2D eigenvalue weighted by Gasteiger charge is 2.19. The molecule has 0 spiro atoms. The third-order valence-electron chi connectivity index (χ3n) is 3.07. The van der Waals surface area contributed by atoms with Crippen molar-refractivity contribution in [2.24, 2.45) is 15.9 Å². The van der Waals surface area contributed by atoms with Crippen molar-refractivity contribution in [2.75, 3.05) is 7.05 Å². The first-order valence-corrected chi connectivity index (χ1v) is 6.26. The summed E-state index contributed by atoms with van der Waals surface area (Å²) < 4.78 is 0. The third kappa shape index (κ3) is 5.07. The van der Waals surface area contributed by atoms with Gasteiger partial charge in [0, 0.05) is 19.4 Å². The number of allylic oxidation sites excluding steroid dienone is 2. The molecule has 0 aromatic carbocycles. The highest BCUT2D eigenvalue weighted by atomic mass is 16.1. The monoisotopic (exact) mass is 236 g/mol. The fraction of sp³-hybridized carbons (Fsp3) is 0.643. The summed E-state index contributed by atoms with van der Waals surface area (Å²) in [5.41, 5.74) is 0.929. The summed E-state index contributed by atoms with van der Waals surface area (Å²) >= 11 is 0. The van der Waals surface area contributed by atoms with Gasteiger partial charge in [-0.05, 0) is 38.5 Å². The highest BCUT2D eigenvalue weighted by molar-refractivity contribution is 5.97. The van der Waals surface area contributed by atoms with Crippen molar-refractivity contribution in [3.05, 3.63) is 11.6 Å². The SMILES string of the molecule is C=N/C(CCC(CC)C(=O)/C(=C\C)CC)=N\C. The molecule has 1 atom stereocenters. The maximum absolute atomic E-state index is 12.2. The minimum atomic E-state index is 0.0830. The van der Waals surface area contributed by atoms with Gasteiger partial charge in [-0.3, -0.25) is 9.79 Å². The maximum atomic E-state index is 12.2. The van der Waals surface area contributed by atoms with Crippen LogP contribution < -0.4 is 0 Å². The first kappa shape index (κ1) is 15.8. The Morgan fingerprint density at radius 3 is 2.41 bits per heavy atom. The normalized spacial score (nSPS) is 14.6. The zero-order valence-electron chi connectivity index (χ0n) is 11.5. The van der Waals surface area contributed by atoms with Crippen LogP contribution in [0.15, 0.2) is 21.6 Å². The molecule has 0 aromatic rings. The number of ketones is 1. The number of amidine groups is 1. The predicted molar refractivity (Wildman–Crippen MR) is 75.0 cm³/mol. The molecule has 0 N–H and O–H groups in total. The summed E-state index contributed by atoms with van der Waals surface area (Å²) in [6, 6.07) is 0. The molecule has 0 amide bonds. The van der Waals surface area contributed by atoms with Crippen LogP contribution in [0, 0.1) is 5.92 Å². The van der Waals surface area contributed by atoms with E-state index >= 15 is 0 Å². The lowest BCUT2D eigenvalue weighted by atomic mass is 9.89. The molecule has 0 radical (unpaired) electrons. The van der Waals surface area contributed by atoms with Crippen LogP contribution in [0.25, 0.3) is 0 Å². The lowest BCUT2D eigenvalue weighted by Gasteiger charge is -2.14. The van der Waals surface area contributed by atoms with Crippen molar-refractivity contribution in [2.45, 2.75) is 46.5 Å². The first-order chi connectivity index (χ1) is 8.14. The van der Waals surface area contributed by atoms with Crippen molar-refractivity contribution in [3.63, 3.8) is 0 Å². The van der Waals surface area contributed by atoms with E-state index in [1.807, 2.05) is 19.9 Å². The van der Waals surface area contributed by atoms with Crippen molar-refractivity contribution in [1.29, 1.82) is 0 Å². The van der Waals surface area contributed by atoms with Crippen LogP contribution in [0.4, 0.5) is 0 Å². The summed E-state index contributed by atoms with van der Waals surface area (Å²) in [6.07, 6.45) is 5.12. The summed E-state index contributed by atoms with van der Waals surface area (Å²) in [6.45, 7) is 9.46. The molecular weight excluding hydrogens is 212 g/mol. The molecule has 3 nitrogen and oxygen atoms in total. The number of rotatable bonds is 7. The molecule has 0 fully saturated rings. The predicted octanol–water partition coefficient (Wildman–Crippen LogP) is 3.45. The van der Waals surface area contributed by atoms with E-state index < -0.39 is 0 Å². The molecule has 0 aliphatic heterocycles. The molecule has 0 saturated carbocycles. The van der Waals surface area contributed by atoms with Crippen LogP contribution in [-0.4, -0.2) is 25.4 Å². The number of nitrogens with zero attached hydrogens (tertiary/aromatic N) is 2. The van der Waals surface area contributed by atoms with E-state index in [1.165, 1.54) is 0 Å². The largest absolute Gasteiger partial charge is 0.294 e. The van der Waals surface area contributed by atoms with Crippen LogP contribution in [-0.2, 0) is 4.79 Å². The van der Waals surface area contributed by atoms with Gasteiger partial charge in [0.05, 0.1) is 0 Å². The summed E-state index contributed by atoms with van der Waals surface area (Å²) in [5.74, 6) is 1.09. The Morgan fingerprint density at radius 1 is 1.41 bits per heavy atom. The van der Waals surface area contributed by atoms with E-state index in [9.17, 15) is 4.79 Å². The number of aliphatic imine (C=N–C) groups is 2. The van der Waals surface area contributed by atoms with Gasteiger partial charge in [0.1, 0.15) is 5.84 Å². The van der Waals surface area contributed by atoms with Crippen molar-refractivity contribution in [1.82, 2.24) is 0 Å². The molecule has 0 aliphatic carbocycles. The fourth-order valence-electron chi connectivity index (χ4n) is 1.87. The van der Waals surface area contributed by atoms with Gasteiger partial charge < -0.3 is 0 Å². The second kappa shape index (κ2) is 8.85. The Morgan fingerprint density at radius 2 is 2.06 bits per heavy atom. The summed E-state index contributed by atoms with van der Waals surface area (Å²) in [7, 11) is 1.70. The van der Waals surface area contributed by atoms with E-state index in [0.717, 1.165) is 37.1 Å². The van der Waals surface area contributed by atoms with Gasteiger partial charge in [-0.25, -0.2) is 4.99 Å². The highest BCUT2D eigenvalue weighted by Crippen LogP contribution is 2.19. The number of carbonyl (C=O) groups excluding carboxylic acids is 1. The summed E-state index contributed by atoms with van der Waals surface area (Å²) in [4.78, 5) is 20.0. The Balaban J connectivity index is 4.53. The number of hydrogen-bond donors (Lipinski definition) is 0. The van der Waals surface area contributed by atoms with Gasteiger partial charge in [0.25, 0.3) is 0 Å². The lowest BCUT2D eigenvalue weighted by Crippen LogP contribution is -2.17. The molecule has 17 heavy (non-hydrogen) atoms. The average Bonchev–Trinajstić information content (AvgIpc) is 2.36. The molecule has 96 valence electrons. The van der Waals surface area contributed by atoms with Gasteiger partial charge in [0.2, 0.25) is 0 Å². The quantitative estimate of drug-likeness (QED) is 0.379. The standard InChI is InChI=1S/C14H24N2O/c1-6-11(7-2)14(17)12(8-3)9-10-13(15-4)16-5/h6,12H,4,7-10H2,1-3,5H3/b11-6-,16-13-. The van der Waals surface area contributed by atoms with Crippen molar-refractivity contribution >= 4 is 18.3 Å². The molecule has 0 bridgehead atoms. The van der Waals surface area contributed by atoms with E-state index in [4.69, 9.17) is 0 Å². The van der Waals surface area contributed by atoms with E-state index in [0.29, 0.717) is 0 Å². The maximum Gasteiger partial charge on any atom is 0.161 e. The number of carbonyl (C=O) groups is 1. The van der Waals surface area contributed by atoms with Gasteiger partial charge in [-0.1, -0.05) is 19.9 Å². The van der Waals surface area contributed by atoms with Crippen molar-refractivity contribution in [3.8, 4) is 0 Å². The Bertz CT molecular complexity index is 316. The van der Waals surface area contributed by atoms with Crippen LogP contribution in [0.2, 0.25) is 0 Å². The minimum Gasteiger partial charge on any atom is -0.294 e. The third-order valence-corrected chi connectivity index (χ3v) is 3.07. The van der Waals surface area contributed by atoms with E-state index in [2.05, 4.69) is 23.6 Å². The zero-order chi connectivity index (χ0) is 13.3. The molecular formula is C14H24N2O. The van der Waals surface area contributed by atoms with Gasteiger partial charge >= 0.3 is 0 Å². The molecule has 0 saturated heterocycles. The second-order valence-electron chi connectivity index (χ2n) is 3.97. The number of Topliss-reactive ketones (excluding diaryl/α,β-unsaturated/α-hetero) is 1. The zero-order valence-corrected chi connectivity index (χ0v) is 11.5. The van der Waals surface area contributed by atoms with Gasteiger partial charge in [-0.15, -0.1) is 0 Å². The summed E-state index contributed by atoms with van der Waals surface area (Å²) in [5, 5.41) is 0. The smallest absolute Gasteiger partial charge is 0.161 e. The molecule has 1 unspecified atom stereocenters. The molecule has 0 aliphatic rings. The molecule has 3 heteroatoms. The Kier molecular flexibility index (Phi) is 8.20. The lowest BCUT2D eigenvalue weighted by molar-refractivity contribution is -0.119.